The number of aromatic nitrogens is 2. The molecule has 0 bridgehead atoms. The molecule has 0 saturated heterocycles. The van der Waals surface area contributed by atoms with Crippen molar-refractivity contribution in [3.8, 4) is 6.07 Å². The highest BCUT2D eigenvalue weighted by molar-refractivity contribution is 5.49. The zero-order valence-corrected chi connectivity index (χ0v) is 12.4. The Morgan fingerprint density at radius 2 is 2.00 bits per heavy atom. The van der Waals surface area contributed by atoms with E-state index < -0.39 is 0 Å². The van der Waals surface area contributed by atoms with Crippen LogP contribution in [0.2, 0.25) is 0 Å². The maximum atomic E-state index is 8.87. The quantitative estimate of drug-likeness (QED) is 0.882. The summed E-state index contributed by atoms with van der Waals surface area (Å²) in [4.78, 5) is 10.9. The molecule has 0 aromatic carbocycles. The van der Waals surface area contributed by atoms with E-state index >= 15 is 0 Å². The molecule has 2 aromatic heterocycles. The lowest BCUT2D eigenvalue weighted by atomic mass is 10.2. The number of nitriles is 1. The lowest BCUT2D eigenvalue weighted by Gasteiger charge is -2.22. The Balaban J connectivity index is 2.14. The molecular formula is C16H19N5. The maximum absolute atomic E-state index is 8.87. The van der Waals surface area contributed by atoms with Crippen LogP contribution in [0.1, 0.15) is 25.1 Å². The largest absolute Gasteiger partial charge is 0.366 e. The minimum absolute atomic E-state index is 0.412. The van der Waals surface area contributed by atoms with Gasteiger partial charge in [-0.25, -0.2) is 9.97 Å². The van der Waals surface area contributed by atoms with Crippen molar-refractivity contribution in [1.82, 2.24) is 9.97 Å². The van der Waals surface area contributed by atoms with Crippen molar-refractivity contribution in [2.75, 3.05) is 23.3 Å². The van der Waals surface area contributed by atoms with Crippen molar-refractivity contribution in [2.24, 2.45) is 0 Å². The number of anilines is 2. The molecule has 1 N–H and O–H groups in total. The van der Waals surface area contributed by atoms with Crippen molar-refractivity contribution < 1.29 is 0 Å². The van der Waals surface area contributed by atoms with Crippen LogP contribution >= 0.6 is 0 Å². The predicted molar refractivity (Wildman–Crippen MR) is 84.1 cm³/mol. The molecule has 21 heavy (non-hydrogen) atoms. The average Bonchev–Trinajstić information content (AvgIpc) is 2.55. The smallest absolute Gasteiger partial charge is 0.142 e. The normalized spacial score (nSPS) is 9.95. The van der Waals surface area contributed by atoms with Crippen molar-refractivity contribution in [3.05, 3.63) is 47.8 Å². The van der Waals surface area contributed by atoms with Gasteiger partial charge in [-0.3, -0.25) is 0 Å². The summed E-state index contributed by atoms with van der Waals surface area (Å²) in [6.07, 6.45) is 1.81. The van der Waals surface area contributed by atoms with E-state index in [1.54, 1.807) is 6.07 Å². The molecule has 5 nitrogen and oxygen atoms in total. The van der Waals surface area contributed by atoms with Crippen molar-refractivity contribution in [3.63, 3.8) is 0 Å². The molecule has 0 aliphatic heterocycles. The molecule has 2 aromatic rings. The van der Waals surface area contributed by atoms with Gasteiger partial charge < -0.3 is 10.2 Å². The zero-order chi connectivity index (χ0) is 15.1. The lowest BCUT2D eigenvalue weighted by Crippen LogP contribution is -2.24. The number of pyridine rings is 2. The van der Waals surface area contributed by atoms with E-state index in [0.29, 0.717) is 18.1 Å². The van der Waals surface area contributed by atoms with Gasteiger partial charge in [0.05, 0.1) is 0 Å². The van der Waals surface area contributed by atoms with E-state index in [9.17, 15) is 0 Å². The van der Waals surface area contributed by atoms with Crippen LogP contribution in [0.5, 0.6) is 0 Å². The lowest BCUT2D eigenvalue weighted by molar-refractivity contribution is 0.834. The Morgan fingerprint density at radius 3 is 2.71 bits per heavy atom. The van der Waals surface area contributed by atoms with Crippen LogP contribution in [0.4, 0.5) is 11.6 Å². The summed E-state index contributed by atoms with van der Waals surface area (Å²) < 4.78 is 0. The average molecular weight is 281 g/mol. The Labute approximate surface area is 125 Å². The number of hydrogen-bond donors (Lipinski definition) is 1. The highest BCUT2D eigenvalue weighted by atomic mass is 15.2. The first-order chi connectivity index (χ1) is 10.3. The van der Waals surface area contributed by atoms with Crippen LogP contribution in [0.25, 0.3) is 0 Å². The molecule has 0 aliphatic rings. The summed E-state index contributed by atoms with van der Waals surface area (Å²) in [5.74, 6) is 1.69. The van der Waals surface area contributed by atoms with E-state index in [0.717, 1.165) is 24.5 Å². The fourth-order valence-corrected chi connectivity index (χ4v) is 2.16. The fourth-order valence-electron chi connectivity index (χ4n) is 2.16. The molecule has 0 unspecified atom stereocenters. The van der Waals surface area contributed by atoms with Gasteiger partial charge in [0.1, 0.15) is 23.4 Å². The Bertz CT molecular complexity index is 629. The van der Waals surface area contributed by atoms with Crippen molar-refractivity contribution in [2.45, 2.75) is 20.4 Å². The van der Waals surface area contributed by atoms with Gasteiger partial charge in [-0.15, -0.1) is 0 Å². The molecule has 0 spiro atoms. The molecule has 0 aliphatic carbocycles. The van der Waals surface area contributed by atoms with Crippen LogP contribution in [-0.2, 0) is 6.54 Å². The number of nitrogens with zero attached hydrogens (tertiary/aromatic N) is 4. The van der Waals surface area contributed by atoms with Crippen molar-refractivity contribution in [1.29, 1.82) is 5.26 Å². The summed E-state index contributed by atoms with van der Waals surface area (Å²) in [7, 11) is 0. The highest BCUT2D eigenvalue weighted by Gasteiger charge is 2.09. The van der Waals surface area contributed by atoms with Gasteiger partial charge in [0.15, 0.2) is 0 Å². The third-order valence-electron chi connectivity index (χ3n) is 3.25. The van der Waals surface area contributed by atoms with Crippen LogP contribution in [0.15, 0.2) is 36.5 Å². The first-order valence-electron chi connectivity index (χ1n) is 7.08. The van der Waals surface area contributed by atoms with Crippen LogP contribution in [0, 0.1) is 11.3 Å². The van der Waals surface area contributed by atoms with Crippen LogP contribution < -0.4 is 10.2 Å². The molecule has 2 heterocycles. The van der Waals surface area contributed by atoms with E-state index in [2.05, 4.69) is 40.1 Å². The summed E-state index contributed by atoms with van der Waals surface area (Å²) in [5, 5.41) is 12.1. The number of rotatable bonds is 6. The third kappa shape index (κ3) is 3.69. The summed E-state index contributed by atoms with van der Waals surface area (Å²) in [6, 6.07) is 11.4. The fraction of sp³-hybridized carbons (Fsp3) is 0.312. The minimum atomic E-state index is 0.412. The summed E-state index contributed by atoms with van der Waals surface area (Å²) >= 11 is 0. The molecule has 0 atom stereocenters. The van der Waals surface area contributed by atoms with Crippen LogP contribution in [-0.4, -0.2) is 23.1 Å². The Morgan fingerprint density at radius 1 is 1.19 bits per heavy atom. The molecule has 0 radical (unpaired) electrons. The molecule has 0 amide bonds. The summed E-state index contributed by atoms with van der Waals surface area (Å²) in [5.41, 5.74) is 1.53. The van der Waals surface area contributed by atoms with Gasteiger partial charge in [-0.1, -0.05) is 12.1 Å². The van der Waals surface area contributed by atoms with Gasteiger partial charge >= 0.3 is 0 Å². The zero-order valence-electron chi connectivity index (χ0n) is 12.4. The van der Waals surface area contributed by atoms with E-state index in [4.69, 9.17) is 5.26 Å². The highest BCUT2D eigenvalue weighted by Crippen LogP contribution is 2.18. The second-order valence-electron chi connectivity index (χ2n) is 4.53. The second kappa shape index (κ2) is 7.25. The monoisotopic (exact) mass is 281 g/mol. The molecule has 0 fully saturated rings. The van der Waals surface area contributed by atoms with Crippen molar-refractivity contribution >= 4 is 11.6 Å². The first-order valence-corrected chi connectivity index (χ1v) is 7.08. The van der Waals surface area contributed by atoms with Gasteiger partial charge in [0.2, 0.25) is 0 Å². The van der Waals surface area contributed by atoms with E-state index in [1.165, 1.54) is 0 Å². The minimum Gasteiger partial charge on any atom is -0.366 e. The van der Waals surface area contributed by atoms with Crippen LogP contribution in [0.3, 0.4) is 0 Å². The molecule has 2 rings (SSSR count). The van der Waals surface area contributed by atoms with Gasteiger partial charge in [-0.2, -0.15) is 5.26 Å². The Kier molecular flexibility index (Phi) is 5.10. The summed E-state index contributed by atoms with van der Waals surface area (Å²) in [6.45, 7) is 6.70. The molecule has 0 saturated carbocycles. The first kappa shape index (κ1) is 14.8. The SMILES string of the molecule is CCN(CC)c1ncccc1CNc1cccc(C#N)n1. The molecule has 108 valence electrons. The second-order valence-corrected chi connectivity index (χ2v) is 4.53. The molecular weight excluding hydrogens is 262 g/mol. The molecule has 5 heteroatoms. The van der Waals surface area contributed by atoms with Gasteiger partial charge in [0.25, 0.3) is 0 Å². The Hall–Kier alpha value is -2.61. The standard InChI is InChI=1S/C16H19N5/c1-3-21(4-2)16-13(7-6-10-18-16)12-19-15-9-5-8-14(11-17)20-15/h5-10H,3-4,12H2,1-2H3,(H,19,20). The van der Waals surface area contributed by atoms with Gasteiger partial charge in [0, 0.05) is 31.4 Å². The topological polar surface area (TPSA) is 64.8 Å². The number of nitrogens with one attached hydrogen (secondary N) is 1. The van der Waals surface area contributed by atoms with Gasteiger partial charge in [-0.05, 0) is 32.0 Å². The number of hydrogen-bond acceptors (Lipinski definition) is 5. The van der Waals surface area contributed by atoms with E-state index in [-0.39, 0.29) is 0 Å². The van der Waals surface area contributed by atoms with E-state index in [1.807, 2.05) is 30.5 Å². The maximum Gasteiger partial charge on any atom is 0.142 e. The predicted octanol–water partition coefficient (Wildman–Crippen LogP) is 2.81. The third-order valence-corrected chi connectivity index (χ3v) is 3.25.